The van der Waals surface area contributed by atoms with E-state index in [1.807, 2.05) is 0 Å². The fourth-order valence-electron chi connectivity index (χ4n) is 11.6. The molecule has 0 radical (unpaired) electrons. The van der Waals surface area contributed by atoms with Gasteiger partial charge in [0.25, 0.3) is 0 Å². The smallest absolute Gasteiger partial charge is 0.0541 e. The quantitative estimate of drug-likeness (QED) is 0.164. The molecule has 2 aliphatic rings. The molecule has 2 heteroatoms. The highest BCUT2D eigenvalue weighted by molar-refractivity contribution is 6.12. The molecule has 9 aromatic carbocycles. The van der Waals surface area contributed by atoms with E-state index in [1.165, 1.54) is 122 Å². The molecule has 0 fully saturated rings. The Labute approximate surface area is 368 Å². The number of hydrogen-bond acceptors (Lipinski definition) is 0. The molecule has 0 N–H and O–H groups in total. The third-order valence-electron chi connectivity index (χ3n) is 14.8. The van der Waals surface area contributed by atoms with Crippen LogP contribution in [0.3, 0.4) is 0 Å². The Morgan fingerprint density at radius 2 is 0.810 bits per heavy atom. The second-order valence-corrected chi connectivity index (χ2v) is 18.9. The van der Waals surface area contributed by atoms with Crippen molar-refractivity contribution in [1.29, 1.82) is 0 Å². The van der Waals surface area contributed by atoms with E-state index in [1.54, 1.807) is 0 Å². The number of hydrogen-bond donors (Lipinski definition) is 0. The Morgan fingerprint density at radius 1 is 0.349 bits per heavy atom. The first-order valence-corrected chi connectivity index (χ1v) is 22.4. The van der Waals surface area contributed by atoms with Gasteiger partial charge < -0.3 is 9.13 Å². The third-order valence-corrected chi connectivity index (χ3v) is 14.8. The van der Waals surface area contributed by atoms with Crippen LogP contribution in [0.2, 0.25) is 0 Å². The average molecular weight is 807 g/mol. The molecular weight excluding hydrogens is 761 g/mol. The van der Waals surface area contributed by atoms with Crippen LogP contribution in [0.1, 0.15) is 55.5 Å². The van der Waals surface area contributed by atoms with Gasteiger partial charge in [0.2, 0.25) is 0 Å². The zero-order chi connectivity index (χ0) is 42.2. The van der Waals surface area contributed by atoms with Crippen molar-refractivity contribution >= 4 is 43.6 Å². The van der Waals surface area contributed by atoms with Crippen molar-refractivity contribution in [2.75, 3.05) is 0 Å². The molecule has 13 rings (SSSR count). The molecular formula is C61H46N2. The Morgan fingerprint density at radius 3 is 1.41 bits per heavy atom. The number of para-hydroxylation sites is 3. The normalized spacial score (nSPS) is 14.3. The van der Waals surface area contributed by atoms with Crippen LogP contribution in [0.15, 0.2) is 194 Å². The molecule has 0 aliphatic heterocycles. The van der Waals surface area contributed by atoms with Crippen molar-refractivity contribution in [3.63, 3.8) is 0 Å². The van der Waals surface area contributed by atoms with Crippen LogP contribution in [0.25, 0.3) is 93.8 Å². The van der Waals surface area contributed by atoms with Gasteiger partial charge in [0.1, 0.15) is 0 Å². The van der Waals surface area contributed by atoms with Gasteiger partial charge in [-0.15, -0.1) is 0 Å². The molecule has 2 nitrogen and oxygen atoms in total. The summed E-state index contributed by atoms with van der Waals surface area (Å²) < 4.78 is 4.92. The van der Waals surface area contributed by atoms with E-state index in [9.17, 15) is 0 Å². The van der Waals surface area contributed by atoms with Crippen LogP contribution < -0.4 is 0 Å². The van der Waals surface area contributed by atoms with E-state index in [4.69, 9.17) is 0 Å². The second-order valence-electron chi connectivity index (χ2n) is 18.9. The highest BCUT2D eigenvalue weighted by atomic mass is 15.0. The van der Waals surface area contributed by atoms with Gasteiger partial charge >= 0.3 is 0 Å². The SMILES string of the molecule is CC1(C)c2ccc(Cn3c4ccccc4c4ccccc43)cc2-c2c1ccc1c2-c2cc(-c3ccc4c(c3)c3cc(-c5ccccc5)ccc3n4-c3ccccc3)ccc2C1(C)C. The summed E-state index contributed by atoms with van der Waals surface area (Å²) in [6.07, 6.45) is 0. The minimum atomic E-state index is -0.132. The number of benzene rings is 9. The topological polar surface area (TPSA) is 9.86 Å². The average Bonchev–Trinajstić information content (AvgIpc) is 3.97. The van der Waals surface area contributed by atoms with Gasteiger partial charge in [-0.25, -0.2) is 0 Å². The third kappa shape index (κ3) is 5.13. The highest BCUT2D eigenvalue weighted by Crippen LogP contribution is 2.59. The number of fused-ring (bicyclic) bond motifs is 13. The molecule has 0 spiro atoms. The summed E-state index contributed by atoms with van der Waals surface area (Å²) >= 11 is 0. The Kier molecular flexibility index (Phi) is 7.51. The van der Waals surface area contributed by atoms with Crippen LogP contribution in [-0.2, 0) is 17.4 Å². The zero-order valence-corrected chi connectivity index (χ0v) is 36.1. The van der Waals surface area contributed by atoms with Crippen molar-refractivity contribution in [1.82, 2.24) is 9.13 Å². The minimum Gasteiger partial charge on any atom is -0.336 e. The maximum atomic E-state index is 2.52. The first-order chi connectivity index (χ1) is 30.8. The van der Waals surface area contributed by atoms with Crippen LogP contribution in [0.4, 0.5) is 0 Å². The summed E-state index contributed by atoms with van der Waals surface area (Å²) in [5.74, 6) is 0. The maximum Gasteiger partial charge on any atom is 0.0541 e. The van der Waals surface area contributed by atoms with Crippen molar-refractivity contribution < 1.29 is 0 Å². The summed E-state index contributed by atoms with van der Waals surface area (Å²) in [7, 11) is 0. The molecule has 0 amide bonds. The molecule has 2 aliphatic carbocycles. The van der Waals surface area contributed by atoms with Gasteiger partial charge in [0, 0.05) is 55.6 Å². The second kappa shape index (κ2) is 13.0. The van der Waals surface area contributed by atoms with Crippen molar-refractivity contribution in [3.8, 4) is 50.2 Å². The Balaban J connectivity index is 0.978. The van der Waals surface area contributed by atoms with E-state index in [0.717, 1.165) is 6.54 Å². The lowest BCUT2D eigenvalue weighted by atomic mass is 9.79. The van der Waals surface area contributed by atoms with Crippen LogP contribution in [-0.4, -0.2) is 9.13 Å². The number of rotatable bonds is 5. The summed E-state index contributed by atoms with van der Waals surface area (Å²) in [6, 6.07) is 72.7. The van der Waals surface area contributed by atoms with E-state index in [2.05, 4.69) is 231 Å². The van der Waals surface area contributed by atoms with Gasteiger partial charge in [0.15, 0.2) is 0 Å². The fraction of sp³-hybridized carbons (Fsp3) is 0.115. The van der Waals surface area contributed by atoms with Gasteiger partial charge in [0.05, 0.1) is 11.0 Å². The van der Waals surface area contributed by atoms with E-state index in [0.29, 0.717) is 0 Å². The largest absolute Gasteiger partial charge is 0.336 e. The zero-order valence-electron chi connectivity index (χ0n) is 36.1. The molecule has 0 saturated heterocycles. The van der Waals surface area contributed by atoms with Gasteiger partial charge in [-0.3, -0.25) is 0 Å². The first-order valence-electron chi connectivity index (χ1n) is 22.4. The molecule has 11 aromatic rings. The molecule has 300 valence electrons. The fourth-order valence-corrected chi connectivity index (χ4v) is 11.6. The van der Waals surface area contributed by atoms with E-state index >= 15 is 0 Å². The van der Waals surface area contributed by atoms with Crippen LogP contribution in [0, 0.1) is 0 Å². The summed E-state index contributed by atoms with van der Waals surface area (Å²) in [5.41, 5.74) is 23.4. The molecule has 0 saturated carbocycles. The van der Waals surface area contributed by atoms with Crippen LogP contribution >= 0.6 is 0 Å². The van der Waals surface area contributed by atoms with Crippen molar-refractivity contribution in [2.45, 2.75) is 45.1 Å². The number of aromatic nitrogens is 2. The molecule has 0 bridgehead atoms. The van der Waals surface area contributed by atoms with Crippen molar-refractivity contribution in [2.24, 2.45) is 0 Å². The first kappa shape index (κ1) is 36.3. The predicted molar refractivity (Wildman–Crippen MR) is 265 cm³/mol. The maximum absolute atomic E-state index is 2.52. The molecule has 2 aromatic heterocycles. The van der Waals surface area contributed by atoms with E-state index < -0.39 is 0 Å². The highest BCUT2D eigenvalue weighted by Gasteiger charge is 2.43. The van der Waals surface area contributed by atoms with Gasteiger partial charge in [-0.1, -0.05) is 161 Å². The summed E-state index contributed by atoms with van der Waals surface area (Å²) in [4.78, 5) is 0. The Bertz CT molecular complexity index is 3640. The monoisotopic (exact) mass is 806 g/mol. The van der Waals surface area contributed by atoms with Crippen molar-refractivity contribution in [3.05, 3.63) is 222 Å². The Hall–Kier alpha value is -7.42. The lowest BCUT2D eigenvalue weighted by molar-refractivity contribution is 0.650. The molecule has 63 heavy (non-hydrogen) atoms. The lowest BCUT2D eigenvalue weighted by Gasteiger charge is -2.24. The van der Waals surface area contributed by atoms with Gasteiger partial charge in [-0.05, 0) is 133 Å². The summed E-state index contributed by atoms with van der Waals surface area (Å²) in [6.45, 7) is 10.5. The van der Waals surface area contributed by atoms with Crippen LogP contribution in [0.5, 0.6) is 0 Å². The van der Waals surface area contributed by atoms with E-state index in [-0.39, 0.29) is 10.8 Å². The van der Waals surface area contributed by atoms with Gasteiger partial charge in [-0.2, -0.15) is 0 Å². The predicted octanol–water partition coefficient (Wildman–Crippen LogP) is 15.9. The standard InChI is InChI=1S/C61H46N2/c1-60(2)50-27-23-38(37-62-54-21-13-11-19-44(54)45-20-12-14-22-55(45)62)33-48(50)58-52(60)29-30-53-59(58)49-36-41(24-28-51(49)61(53,3)4)42-26-32-57-47(35-42)46-34-40(39-15-7-5-8-16-39)25-31-56(46)63(57)43-17-9-6-10-18-43/h5-36H,37H2,1-4H3. The lowest BCUT2D eigenvalue weighted by Crippen LogP contribution is -2.17. The molecule has 2 heterocycles. The number of nitrogens with zero attached hydrogens (tertiary/aromatic N) is 2. The minimum absolute atomic E-state index is 0.119. The summed E-state index contributed by atoms with van der Waals surface area (Å²) in [5, 5.41) is 5.15. The molecule has 0 atom stereocenters. The molecule has 0 unspecified atom stereocenters.